The van der Waals surface area contributed by atoms with Gasteiger partial charge in [0.15, 0.2) is 5.65 Å². The molecule has 6 heteroatoms. The fraction of sp³-hybridized carbons (Fsp3) is 0.375. The van der Waals surface area contributed by atoms with Gasteiger partial charge in [0.2, 0.25) is 0 Å². The van der Waals surface area contributed by atoms with E-state index in [9.17, 15) is 0 Å². The maximum atomic E-state index is 6.18. The quantitative estimate of drug-likeness (QED) is 0.756. The summed E-state index contributed by atoms with van der Waals surface area (Å²) < 4.78 is 3.72. The second-order valence-electron chi connectivity index (χ2n) is 6.24. The molecule has 1 saturated carbocycles. The summed E-state index contributed by atoms with van der Waals surface area (Å²) in [7, 11) is 2.00. The molecule has 3 heterocycles. The minimum Gasteiger partial charge on any atom is -0.384 e. The molecule has 114 valence electrons. The molecule has 0 aromatic carbocycles. The van der Waals surface area contributed by atoms with Gasteiger partial charge in [-0.1, -0.05) is 0 Å². The van der Waals surface area contributed by atoms with Crippen LogP contribution < -0.4 is 11.5 Å². The largest absolute Gasteiger partial charge is 0.384 e. The summed E-state index contributed by atoms with van der Waals surface area (Å²) in [5.41, 5.74) is 16.2. The summed E-state index contributed by atoms with van der Waals surface area (Å²) in [5.74, 6) is 1.03. The lowest BCUT2D eigenvalue weighted by molar-refractivity contribution is 0.661. The van der Waals surface area contributed by atoms with Crippen LogP contribution in [0, 0.1) is 0 Å². The molecule has 0 radical (unpaired) electrons. The number of hydrogen-bond acceptors (Lipinski definition) is 4. The van der Waals surface area contributed by atoms with E-state index in [0.717, 1.165) is 41.7 Å². The zero-order valence-electron chi connectivity index (χ0n) is 12.6. The van der Waals surface area contributed by atoms with E-state index in [4.69, 9.17) is 16.5 Å². The van der Waals surface area contributed by atoms with Crippen molar-refractivity contribution in [1.82, 2.24) is 19.2 Å². The maximum absolute atomic E-state index is 6.18. The van der Waals surface area contributed by atoms with Crippen LogP contribution >= 0.6 is 0 Å². The molecule has 0 amide bonds. The SMILES string of the molecule is Cn1ccc(-c2cnn3c(N)cc([C@@H]4CC[C@H](N)C4)nc23)c1. The lowest BCUT2D eigenvalue weighted by Gasteiger charge is -2.11. The van der Waals surface area contributed by atoms with E-state index in [1.54, 1.807) is 4.52 Å². The Labute approximate surface area is 128 Å². The first kappa shape index (κ1) is 13.3. The van der Waals surface area contributed by atoms with E-state index in [-0.39, 0.29) is 6.04 Å². The van der Waals surface area contributed by atoms with Gasteiger partial charge in [-0.25, -0.2) is 4.98 Å². The predicted molar refractivity (Wildman–Crippen MR) is 86.4 cm³/mol. The monoisotopic (exact) mass is 296 g/mol. The van der Waals surface area contributed by atoms with Crippen LogP contribution in [-0.4, -0.2) is 25.2 Å². The second kappa shape index (κ2) is 4.84. The number of rotatable bonds is 2. The standard InChI is InChI=1S/C16H20N6/c1-21-5-4-11(9-21)13-8-19-22-15(18)7-14(20-16(13)22)10-2-3-12(17)6-10/h4-5,7-10,12H,2-3,6,17-18H2,1H3/t10-,12+/m1/s1. The van der Waals surface area contributed by atoms with Crippen LogP contribution in [0.4, 0.5) is 5.82 Å². The van der Waals surface area contributed by atoms with Gasteiger partial charge in [-0.2, -0.15) is 9.61 Å². The molecular formula is C16H20N6. The molecule has 1 aliphatic carbocycles. The number of nitrogens with zero attached hydrogens (tertiary/aromatic N) is 4. The Morgan fingerprint density at radius 2 is 2.18 bits per heavy atom. The van der Waals surface area contributed by atoms with Crippen LogP contribution in [-0.2, 0) is 7.05 Å². The van der Waals surface area contributed by atoms with Crippen molar-refractivity contribution >= 4 is 11.5 Å². The lowest BCUT2D eigenvalue weighted by atomic mass is 10.0. The zero-order valence-corrected chi connectivity index (χ0v) is 12.6. The molecular weight excluding hydrogens is 276 g/mol. The molecule has 0 spiro atoms. The number of hydrogen-bond donors (Lipinski definition) is 2. The van der Waals surface area contributed by atoms with Crippen molar-refractivity contribution in [2.45, 2.75) is 31.2 Å². The van der Waals surface area contributed by atoms with Crippen LogP contribution in [0.1, 0.15) is 30.9 Å². The van der Waals surface area contributed by atoms with Gasteiger partial charge in [-0.15, -0.1) is 0 Å². The van der Waals surface area contributed by atoms with Gasteiger partial charge in [-0.05, 0) is 25.3 Å². The molecule has 1 aliphatic rings. The topological polar surface area (TPSA) is 87.2 Å². The van der Waals surface area contributed by atoms with Crippen LogP contribution in [0.25, 0.3) is 16.8 Å². The smallest absolute Gasteiger partial charge is 0.165 e. The van der Waals surface area contributed by atoms with Crippen molar-refractivity contribution in [2.24, 2.45) is 12.8 Å². The Morgan fingerprint density at radius 3 is 2.86 bits per heavy atom. The molecule has 0 bridgehead atoms. The Bertz CT molecular complexity index is 830. The van der Waals surface area contributed by atoms with E-state index in [0.29, 0.717) is 11.7 Å². The first-order chi connectivity index (χ1) is 10.6. The molecule has 2 atom stereocenters. The highest BCUT2D eigenvalue weighted by atomic mass is 15.3. The Kier molecular flexibility index (Phi) is 2.94. The third-order valence-corrected chi connectivity index (χ3v) is 4.55. The Balaban J connectivity index is 1.85. The Morgan fingerprint density at radius 1 is 1.32 bits per heavy atom. The molecule has 4 N–H and O–H groups in total. The van der Waals surface area contributed by atoms with E-state index in [1.807, 2.05) is 30.1 Å². The number of nitrogens with two attached hydrogens (primary N) is 2. The van der Waals surface area contributed by atoms with E-state index in [2.05, 4.69) is 17.4 Å². The van der Waals surface area contributed by atoms with Gasteiger partial charge >= 0.3 is 0 Å². The van der Waals surface area contributed by atoms with Crippen molar-refractivity contribution in [3.05, 3.63) is 36.4 Å². The number of anilines is 1. The highest BCUT2D eigenvalue weighted by molar-refractivity contribution is 5.77. The molecule has 1 fully saturated rings. The Hall–Kier alpha value is -2.34. The minimum absolute atomic E-state index is 0.280. The number of fused-ring (bicyclic) bond motifs is 1. The molecule has 0 unspecified atom stereocenters. The fourth-order valence-corrected chi connectivity index (χ4v) is 3.37. The third-order valence-electron chi connectivity index (χ3n) is 4.55. The summed E-state index contributed by atoms with van der Waals surface area (Å²) in [5, 5.41) is 4.38. The molecule has 4 rings (SSSR count). The zero-order chi connectivity index (χ0) is 15.3. The maximum Gasteiger partial charge on any atom is 0.165 e. The van der Waals surface area contributed by atoms with E-state index < -0.39 is 0 Å². The number of nitrogen functional groups attached to an aromatic ring is 1. The van der Waals surface area contributed by atoms with Gasteiger partial charge in [0, 0.05) is 54.3 Å². The molecule has 0 saturated heterocycles. The molecule has 22 heavy (non-hydrogen) atoms. The molecule has 6 nitrogen and oxygen atoms in total. The summed E-state index contributed by atoms with van der Waals surface area (Å²) in [6, 6.07) is 4.28. The highest BCUT2D eigenvalue weighted by Crippen LogP contribution is 2.34. The summed E-state index contributed by atoms with van der Waals surface area (Å²) >= 11 is 0. The second-order valence-corrected chi connectivity index (χ2v) is 6.24. The van der Waals surface area contributed by atoms with Crippen LogP contribution in [0.3, 0.4) is 0 Å². The van der Waals surface area contributed by atoms with E-state index in [1.165, 1.54) is 0 Å². The van der Waals surface area contributed by atoms with Crippen LogP contribution in [0.5, 0.6) is 0 Å². The normalized spacial score (nSPS) is 21.7. The van der Waals surface area contributed by atoms with Crippen molar-refractivity contribution < 1.29 is 0 Å². The molecule has 0 aliphatic heterocycles. The summed E-state index contributed by atoms with van der Waals surface area (Å²) in [6.45, 7) is 0. The number of aromatic nitrogens is 4. The van der Waals surface area contributed by atoms with Gasteiger partial charge in [0.1, 0.15) is 5.82 Å². The predicted octanol–water partition coefficient (Wildman–Crippen LogP) is 1.91. The molecule has 3 aromatic rings. The minimum atomic E-state index is 0.280. The van der Waals surface area contributed by atoms with Crippen molar-refractivity contribution in [2.75, 3.05) is 5.73 Å². The first-order valence-corrected chi connectivity index (χ1v) is 7.64. The summed E-state index contributed by atoms with van der Waals surface area (Å²) in [4.78, 5) is 4.85. The van der Waals surface area contributed by atoms with Crippen LogP contribution in [0.2, 0.25) is 0 Å². The van der Waals surface area contributed by atoms with E-state index >= 15 is 0 Å². The lowest BCUT2D eigenvalue weighted by Crippen LogP contribution is -2.15. The third kappa shape index (κ3) is 2.07. The van der Waals surface area contributed by atoms with Crippen molar-refractivity contribution in [3.8, 4) is 11.1 Å². The van der Waals surface area contributed by atoms with Gasteiger partial charge < -0.3 is 16.0 Å². The van der Waals surface area contributed by atoms with Gasteiger partial charge in [0.25, 0.3) is 0 Å². The van der Waals surface area contributed by atoms with Crippen molar-refractivity contribution in [3.63, 3.8) is 0 Å². The van der Waals surface area contributed by atoms with Crippen LogP contribution in [0.15, 0.2) is 30.7 Å². The van der Waals surface area contributed by atoms with Gasteiger partial charge in [-0.3, -0.25) is 0 Å². The average molecular weight is 296 g/mol. The van der Waals surface area contributed by atoms with Gasteiger partial charge in [0.05, 0.1) is 6.20 Å². The average Bonchev–Trinajstić information content (AvgIpc) is 3.18. The highest BCUT2D eigenvalue weighted by Gasteiger charge is 2.25. The fourth-order valence-electron chi connectivity index (χ4n) is 3.37. The first-order valence-electron chi connectivity index (χ1n) is 7.64. The summed E-state index contributed by atoms with van der Waals surface area (Å²) in [6.07, 6.45) is 9.03. The molecule has 3 aromatic heterocycles. The van der Waals surface area contributed by atoms with Crippen molar-refractivity contribution in [1.29, 1.82) is 0 Å². The number of aryl methyl sites for hydroxylation is 1.